The maximum Gasteiger partial charge on any atom is 0.336 e. The summed E-state index contributed by atoms with van der Waals surface area (Å²) in [5.74, 6) is -1.37. The third-order valence-electron chi connectivity index (χ3n) is 5.50. The molecule has 1 amide bonds. The largest absolute Gasteiger partial charge is 0.466 e. The lowest BCUT2D eigenvalue weighted by Gasteiger charge is -2.29. The van der Waals surface area contributed by atoms with Gasteiger partial charge in [-0.25, -0.2) is 4.79 Å². The number of halogens is 1. The minimum Gasteiger partial charge on any atom is -0.466 e. The van der Waals surface area contributed by atoms with Gasteiger partial charge in [-0.05, 0) is 49.6 Å². The summed E-state index contributed by atoms with van der Waals surface area (Å²) in [6.07, 6.45) is 0. The van der Waals surface area contributed by atoms with Gasteiger partial charge in [0.1, 0.15) is 0 Å². The highest BCUT2D eigenvalue weighted by Crippen LogP contribution is 2.43. The van der Waals surface area contributed by atoms with Crippen LogP contribution in [-0.4, -0.2) is 24.7 Å². The maximum atomic E-state index is 12.6. The van der Waals surface area contributed by atoms with Crippen LogP contribution in [0.4, 0.5) is 5.69 Å². The second-order valence-electron chi connectivity index (χ2n) is 7.55. The fourth-order valence-electron chi connectivity index (χ4n) is 3.64. The van der Waals surface area contributed by atoms with Crippen LogP contribution in [0.15, 0.2) is 64.3 Å². The second kappa shape index (κ2) is 10.6. The van der Waals surface area contributed by atoms with Gasteiger partial charge in [-0.3, -0.25) is 4.79 Å². The van der Waals surface area contributed by atoms with Gasteiger partial charge in [0, 0.05) is 16.4 Å². The predicted molar refractivity (Wildman–Crippen MR) is 132 cm³/mol. The van der Waals surface area contributed by atoms with Crippen LogP contribution in [0.3, 0.4) is 0 Å². The van der Waals surface area contributed by atoms with E-state index in [9.17, 15) is 14.9 Å². The summed E-state index contributed by atoms with van der Waals surface area (Å²) in [5, 5.41) is 17.0. The molecule has 170 valence electrons. The third-order valence-corrected chi connectivity index (χ3v) is 6.86. The molecule has 8 heteroatoms. The second-order valence-corrected chi connectivity index (χ2v) is 8.94. The average Bonchev–Trinajstić information content (AvgIpc) is 2.80. The van der Waals surface area contributed by atoms with Gasteiger partial charge in [-0.2, -0.15) is 5.26 Å². The first-order valence-electron chi connectivity index (χ1n) is 10.2. The number of rotatable bonds is 6. The van der Waals surface area contributed by atoms with E-state index in [4.69, 9.17) is 16.3 Å². The van der Waals surface area contributed by atoms with Crippen molar-refractivity contribution in [2.75, 3.05) is 18.2 Å². The monoisotopic (exact) mass is 481 g/mol. The number of nitrogens with zero attached hydrogens (tertiary/aromatic N) is 1. The number of aryl methyl sites for hydroxylation is 1. The van der Waals surface area contributed by atoms with E-state index >= 15 is 0 Å². The SMILES string of the molecule is COC(=O)C1=C(C)NC(SCC(=O)Nc2cccc(C)c2C)=C(C#N)[C@H]1c1ccccc1Cl. The zero-order chi connectivity index (χ0) is 24.1. The van der Waals surface area contributed by atoms with Crippen LogP contribution >= 0.6 is 23.4 Å². The number of esters is 1. The first kappa shape index (κ1) is 24.4. The first-order valence-corrected chi connectivity index (χ1v) is 11.6. The summed E-state index contributed by atoms with van der Waals surface area (Å²) >= 11 is 7.64. The molecule has 0 aromatic heterocycles. The van der Waals surface area contributed by atoms with Crippen molar-refractivity contribution in [2.45, 2.75) is 26.7 Å². The number of benzene rings is 2. The summed E-state index contributed by atoms with van der Waals surface area (Å²) in [6, 6.07) is 15.0. The molecule has 33 heavy (non-hydrogen) atoms. The van der Waals surface area contributed by atoms with Gasteiger partial charge in [0.05, 0.1) is 41.0 Å². The predicted octanol–water partition coefficient (Wildman–Crippen LogP) is 5.20. The number of hydrogen-bond donors (Lipinski definition) is 2. The van der Waals surface area contributed by atoms with E-state index in [0.29, 0.717) is 32.5 Å². The van der Waals surface area contributed by atoms with Crippen molar-refractivity contribution in [1.29, 1.82) is 5.26 Å². The van der Waals surface area contributed by atoms with Crippen molar-refractivity contribution in [3.8, 4) is 6.07 Å². The molecule has 0 radical (unpaired) electrons. The molecule has 0 bridgehead atoms. The van der Waals surface area contributed by atoms with Crippen LogP contribution in [0.25, 0.3) is 0 Å². The summed E-state index contributed by atoms with van der Waals surface area (Å²) in [4.78, 5) is 25.3. The molecule has 0 saturated heterocycles. The quantitative estimate of drug-likeness (QED) is 0.551. The molecule has 0 saturated carbocycles. The molecular weight excluding hydrogens is 458 g/mol. The van der Waals surface area contributed by atoms with Crippen LogP contribution in [0.1, 0.15) is 29.5 Å². The molecule has 1 aliphatic rings. The van der Waals surface area contributed by atoms with Crippen molar-refractivity contribution in [2.24, 2.45) is 0 Å². The van der Waals surface area contributed by atoms with E-state index in [1.165, 1.54) is 18.9 Å². The number of anilines is 1. The van der Waals surface area contributed by atoms with Gasteiger partial charge in [0.15, 0.2) is 0 Å². The number of ether oxygens (including phenoxy) is 1. The van der Waals surface area contributed by atoms with E-state index in [2.05, 4.69) is 16.7 Å². The van der Waals surface area contributed by atoms with Gasteiger partial charge in [0.2, 0.25) is 5.91 Å². The molecule has 0 spiro atoms. The molecule has 0 unspecified atom stereocenters. The van der Waals surface area contributed by atoms with Crippen LogP contribution in [0, 0.1) is 25.2 Å². The molecule has 2 aromatic rings. The van der Waals surface area contributed by atoms with Crippen molar-refractivity contribution in [3.05, 3.63) is 86.0 Å². The Morgan fingerprint density at radius 1 is 1.18 bits per heavy atom. The molecule has 2 N–H and O–H groups in total. The minimum atomic E-state index is -0.707. The smallest absolute Gasteiger partial charge is 0.336 e. The number of amides is 1. The molecule has 1 atom stereocenters. The van der Waals surface area contributed by atoms with Crippen LogP contribution in [0.5, 0.6) is 0 Å². The summed E-state index contributed by atoms with van der Waals surface area (Å²) < 4.78 is 4.98. The number of nitriles is 1. The number of methoxy groups -OCH3 is 1. The zero-order valence-corrected chi connectivity index (χ0v) is 20.4. The van der Waals surface area contributed by atoms with Gasteiger partial charge in [-0.1, -0.05) is 53.7 Å². The van der Waals surface area contributed by atoms with Gasteiger partial charge >= 0.3 is 5.97 Å². The van der Waals surface area contributed by atoms with Gasteiger partial charge < -0.3 is 15.4 Å². The molecule has 6 nitrogen and oxygen atoms in total. The highest BCUT2D eigenvalue weighted by Gasteiger charge is 2.36. The topological polar surface area (TPSA) is 91.2 Å². The molecule has 1 heterocycles. The number of hydrogen-bond acceptors (Lipinski definition) is 6. The third kappa shape index (κ3) is 5.24. The molecule has 0 aliphatic carbocycles. The Kier molecular flexibility index (Phi) is 7.85. The first-order chi connectivity index (χ1) is 15.8. The standard InChI is InChI=1S/C25H24ClN3O3S/c1-14-8-7-11-20(15(14)2)29-21(30)13-33-24-18(12-27)23(17-9-5-6-10-19(17)26)22(16(3)28-24)25(31)32-4/h5-11,23,28H,13H2,1-4H3,(H,29,30)/t23-/m1/s1. The number of dihydropyridines is 1. The fourth-order valence-corrected chi connectivity index (χ4v) is 4.77. The van der Waals surface area contributed by atoms with Crippen molar-refractivity contribution in [3.63, 3.8) is 0 Å². The Morgan fingerprint density at radius 2 is 1.91 bits per heavy atom. The average molecular weight is 482 g/mol. The lowest BCUT2D eigenvalue weighted by Crippen LogP contribution is -2.29. The van der Waals surface area contributed by atoms with Crippen LogP contribution < -0.4 is 10.6 Å². The fraction of sp³-hybridized carbons (Fsp3) is 0.240. The van der Waals surface area contributed by atoms with Crippen LogP contribution in [-0.2, 0) is 14.3 Å². The van der Waals surface area contributed by atoms with Gasteiger partial charge in [-0.15, -0.1) is 0 Å². The number of carbonyl (C=O) groups excluding carboxylic acids is 2. The summed E-state index contributed by atoms with van der Waals surface area (Å²) in [7, 11) is 1.30. The van der Waals surface area contributed by atoms with Crippen molar-refractivity contribution < 1.29 is 14.3 Å². The summed E-state index contributed by atoms with van der Waals surface area (Å²) in [5.41, 5.74) is 4.62. The molecule has 2 aromatic carbocycles. The lowest BCUT2D eigenvalue weighted by atomic mass is 9.82. The van der Waals surface area contributed by atoms with Gasteiger partial charge in [0.25, 0.3) is 0 Å². The Labute approximate surface area is 202 Å². The van der Waals surface area contributed by atoms with E-state index in [1.807, 2.05) is 32.0 Å². The normalized spacial score (nSPS) is 15.6. The number of nitrogens with one attached hydrogen (secondary N) is 2. The summed E-state index contributed by atoms with van der Waals surface area (Å²) in [6.45, 7) is 5.67. The van der Waals surface area contributed by atoms with E-state index in [1.54, 1.807) is 31.2 Å². The molecule has 1 aliphatic heterocycles. The highest BCUT2D eigenvalue weighted by atomic mass is 35.5. The van der Waals surface area contributed by atoms with E-state index < -0.39 is 11.9 Å². The molecule has 0 fully saturated rings. The van der Waals surface area contributed by atoms with Crippen molar-refractivity contribution in [1.82, 2.24) is 5.32 Å². The molecular formula is C25H24ClN3O3S. The Morgan fingerprint density at radius 3 is 2.58 bits per heavy atom. The number of thioether (sulfide) groups is 1. The maximum absolute atomic E-state index is 12.6. The highest BCUT2D eigenvalue weighted by molar-refractivity contribution is 8.03. The van der Waals surface area contributed by atoms with E-state index in [-0.39, 0.29) is 11.7 Å². The molecule has 3 rings (SSSR count). The van der Waals surface area contributed by atoms with Crippen molar-refractivity contribution >= 4 is 40.9 Å². The lowest BCUT2D eigenvalue weighted by molar-refractivity contribution is -0.136. The Hall–Kier alpha value is -3.21. The Balaban J connectivity index is 1.91. The minimum absolute atomic E-state index is 0.0803. The number of carbonyl (C=O) groups is 2. The number of allylic oxidation sites excluding steroid dienone is 2. The van der Waals surface area contributed by atoms with E-state index in [0.717, 1.165) is 16.8 Å². The zero-order valence-electron chi connectivity index (χ0n) is 18.8. The Bertz CT molecular complexity index is 1210. The van der Waals surface area contributed by atoms with Crippen LogP contribution in [0.2, 0.25) is 5.02 Å².